The van der Waals surface area contributed by atoms with Crippen molar-refractivity contribution in [2.45, 2.75) is 26.1 Å². The third kappa shape index (κ3) is 5.54. The Hall–Kier alpha value is -3.34. The lowest BCUT2D eigenvalue weighted by molar-refractivity contribution is -0.192. The average molecular weight is 465 g/mol. The van der Waals surface area contributed by atoms with E-state index in [0.717, 1.165) is 48.6 Å². The smallest absolute Gasteiger partial charge is 0.475 e. The third-order valence-electron chi connectivity index (χ3n) is 5.34. The Morgan fingerprint density at radius 1 is 1.06 bits per heavy atom. The number of rotatable bonds is 3. The van der Waals surface area contributed by atoms with Gasteiger partial charge in [-0.05, 0) is 45.2 Å². The van der Waals surface area contributed by atoms with E-state index in [2.05, 4.69) is 35.3 Å². The maximum Gasteiger partial charge on any atom is 0.490 e. The Bertz CT molecular complexity index is 1130. The number of nitrogens with zero attached hydrogens (tertiary/aromatic N) is 5. The zero-order valence-electron chi connectivity index (χ0n) is 18.6. The number of pyridine rings is 1. The summed E-state index contributed by atoms with van der Waals surface area (Å²) in [5, 5.41) is 11.8. The number of carboxylic acids is 1. The van der Waals surface area contributed by atoms with E-state index in [1.54, 1.807) is 0 Å². The normalized spacial score (nSPS) is 14.9. The van der Waals surface area contributed by atoms with E-state index in [1.807, 2.05) is 52.3 Å². The molecule has 11 heteroatoms. The lowest BCUT2D eigenvalue weighted by Crippen LogP contribution is -2.47. The van der Waals surface area contributed by atoms with Crippen LogP contribution in [0.25, 0.3) is 16.9 Å². The number of carboxylic acid groups (broad SMARTS) is 1. The molecule has 0 radical (unpaired) electrons. The first-order valence-corrected chi connectivity index (χ1v) is 10.4. The highest BCUT2D eigenvalue weighted by molar-refractivity contribution is 6.02. The van der Waals surface area contributed by atoms with Crippen LogP contribution in [0, 0.1) is 0 Å². The van der Waals surface area contributed by atoms with E-state index >= 15 is 0 Å². The molecule has 0 spiro atoms. The van der Waals surface area contributed by atoms with Gasteiger partial charge in [0, 0.05) is 44.6 Å². The number of likely N-dealkylation sites (N-methyl/N-ethyl adjacent to an activating group) is 1. The van der Waals surface area contributed by atoms with Gasteiger partial charge in [-0.1, -0.05) is 6.07 Å². The summed E-state index contributed by atoms with van der Waals surface area (Å²) in [5.41, 5.74) is 3.53. The fourth-order valence-electron chi connectivity index (χ4n) is 3.46. The highest BCUT2D eigenvalue weighted by atomic mass is 19.4. The van der Waals surface area contributed by atoms with Gasteiger partial charge in [-0.3, -0.25) is 9.48 Å². The Morgan fingerprint density at radius 3 is 2.24 bits per heavy atom. The molecule has 1 saturated heterocycles. The molecule has 1 fully saturated rings. The van der Waals surface area contributed by atoms with Gasteiger partial charge < -0.3 is 19.3 Å². The number of alkyl halides is 3. The second kappa shape index (κ2) is 9.65. The summed E-state index contributed by atoms with van der Waals surface area (Å²) in [7, 11) is 2.10. The van der Waals surface area contributed by atoms with Gasteiger partial charge in [0.25, 0.3) is 5.91 Å². The lowest BCUT2D eigenvalue weighted by Gasteiger charge is -2.32. The molecule has 0 saturated carbocycles. The highest BCUT2D eigenvalue weighted by Crippen LogP contribution is 2.27. The molecule has 1 N–H and O–H groups in total. The quantitative estimate of drug-likeness (QED) is 0.641. The molecule has 0 atom stereocenters. The maximum atomic E-state index is 13.1. The summed E-state index contributed by atoms with van der Waals surface area (Å²) >= 11 is 0. The molecule has 8 nitrogen and oxygen atoms in total. The first kappa shape index (κ1) is 24.3. The van der Waals surface area contributed by atoms with E-state index in [-0.39, 0.29) is 5.91 Å². The number of halogens is 3. The summed E-state index contributed by atoms with van der Waals surface area (Å²) in [6.07, 6.45) is -1.09. The minimum Gasteiger partial charge on any atom is -0.475 e. The molecule has 3 aromatic rings. The Morgan fingerprint density at radius 2 is 1.70 bits per heavy atom. The number of carbonyl (C=O) groups is 2. The summed E-state index contributed by atoms with van der Waals surface area (Å²) in [4.78, 5) is 26.3. The molecule has 3 aromatic heterocycles. The van der Waals surface area contributed by atoms with Crippen molar-refractivity contribution in [1.29, 1.82) is 0 Å². The topological polar surface area (TPSA) is 83.1 Å². The van der Waals surface area contributed by atoms with Crippen LogP contribution in [-0.4, -0.2) is 80.4 Å². The first-order chi connectivity index (χ1) is 15.5. The molecule has 4 rings (SSSR count). The van der Waals surface area contributed by atoms with E-state index in [1.165, 1.54) is 0 Å². The molecule has 33 heavy (non-hydrogen) atoms. The van der Waals surface area contributed by atoms with Gasteiger partial charge in [-0.2, -0.15) is 18.3 Å². The van der Waals surface area contributed by atoms with Crippen molar-refractivity contribution in [1.82, 2.24) is 24.0 Å². The third-order valence-corrected chi connectivity index (χ3v) is 5.34. The van der Waals surface area contributed by atoms with Crippen LogP contribution in [0.5, 0.6) is 0 Å². The van der Waals surface area contributed by atoms with Gasteiger partial charge in [-0.25, -0.2) is 4.79 Å². The maximum absolute atomic E-state index is 13.1. The standard InChI is InChI=1S/C20H25N5O.C2HF3O2/c1-15(2)25-9-7-17(21-25)19-14-16(18-6-4-5-8-24(18)19)20(26)23-12-10-22(3)11-13-23;3-2(4,5)1(6)7/h4-9,14-15H,10-13H2,1-3H3;(H,6,7). The van der Waals surface area contributed by atoms with Crippen LogP contribution in [-0.2, 0) is 4.79 Å². The van der Waals surface area contributed by atoms with Crippen LogP contribution >= 0.6 is 0 Å². The van der Waals surface area contributed by atoms with E-state index < -0.39 is 12.1 Å². The van der Waals surface area contributed by atoms with Gasteiger partial charge in [0.15, 0.2) is 0 Å². The van der Waals surface area contributed by atoms with Gasteiger partial charge in [0.1, 0.15) is 5.69 Å². The van der Waals surface area contributed by atoms with Gasteiger partial charge in [-0.15, -0.1) is 0 Å². The first-order valence-electron chi connectivity index (χ1n) is 10.4. The molecule has 1 aliphatic heterocycles. The van der Waals surface area contributed by atoms with Crippen molar-refractivity contribution in [2.75, 3.05) is 33.2 Å². The number of fused-ring (bicyclic) bond motifs is 1. The van der Waals surface area contributed by atoms with Crippen LogP contribution in [0.15, 0.2) is 42.7 Å². The number of hydrogen-bond donors (Lipinski definition) is 1. The average Bonchev–Trinajstić information content (AvgIpc) is 3.39. The van der Waals surface area contributed by atoms with E-state index in [9.17, 15) is 18.0 Å². The number of aromatic nitrogens is 3. The Labute approximate surface area is 188 Å². The largest absolute Gasteiger partial charge is 0.490 e. The molecular formula is C22H26F3N5O3. The monoisotopic (exact) mass is 465 g/mol. The van der Waals surface area contributed by atoms with Crippen molar-refractivity contribution in [3.63, 3.8) is 0 Å². The summed E-state index contributed by atoms with van der Waals surface area (Å²) in [6, 6.07) is 10.3. The van der Waals surface area contributed by atoms with Crippen LogP contribution in [0.1, 0.15) is 30.2 Å². The second-order valence-corrected chi connectivity index (χ2v) is 8.07. The minimum atomic E-state index is -5.08. The molecule has 1 aliphatic rings. The summed E-state index contributed by atoms with van der Waals surface area (Å²) in [5.74, 6) is -2.65. The molecule has 0 bridgehead atoms. The van der Waals surface area contributed by atoms with E-state index in [4.69, 9.17) is 9.90 Å². The van der Waals surface area contributed by atoms with Crippen LogP contribution in [0.2, 0.25) is 0 Å². The predicted molar refractivity (Wildman–Crippen MR) is 116 cm³/mol. The molecule has 0 aromatic carbocycles. The van der Waals surface area contributed by atoms with Crippen LogP contribution in [0.3, 0.4) is 0 Å². The van der Waals surface area contributed by atoms with Crippen molar-refractivity contribution in [3.05, 3.63) is 48.3 Å². The number of piperazine rings is 1. The zero-order valence-corrected chi connectivity index (χ0v) is 18.6. The molecule has 178 valence electrons. The predicted octanol–water partition coefficient (Wildman–Crippen LogP) is 3.40. The van der Waals surface area contributed by atoms with Crippen LogP contribution in [0.4, 0.5) is 13.2 Å². The van der Waals surface area contributed by atoms with Gasteiger partial charge in [0.05, 0.1) is 16.8 Å². The number of carbonyl (C=O) groups excluding carboxylic acids is 1. The fourth-order valence-corrected chi connectivity index (χ4v) is 3.46. The highest BCUT2D eigenvalue weighted by Gasteiger charge is 2.38. The van der Waals surface area contributed by atoms with Crippen molar-refractivity contribution in [3.8, 4) is 11.4 Å². The Kier molecular flexibility index (Phi) is 7.11. The number of aliphatic carboxylic acids is 1. The zero-order chi connectivity index (χ0) is 24.3. The van der Waals surface area contributed by atoms with Gasteiger partial charge in [0.2, 0.25) is 0 Å². The molecule has 0 unspecified atom stereocenters. The number of hydrogen-bond acceptors (Lipinski definition) is 4. The SMILES string of the molecule is CC(C)n1ccc(-c2cc(C(=O)N3CCN(C)CC3)c3ccccn23)n1.O=C(O)C(F)(F)F. The molecule has 0 aliphatic carbocycles. The van der Waals surface area contributed by atoms with E-state index in [0.29, 0.717) is 6.04 Å². The van der Waals surface area contributed by atoms with Gasteiger partial charge >= 0.3 is 12.1 Å². The summed E-state index contributed by atoms with van der Waals surface area (Å²) < 4.78 is 35.7. The molecular weight excluding hydrogens is 439 g/mol. The fraction of sp³-hybridized carbons (Fsp3) is 0.409. The van der Waals surface area contributed by atoms with Crippen molar-refractivity contribution < 1.29 is 27.9 Å². The van der Waals surface area contributed by atoms with Crippen LogP contribution < -0.4 is 0 Å². The number of amides is 1. The van der Waals surface area contributed by atoms with Crippen molar-refractivity contribution >= 4 is 17.4 Å². The second-order valence-electron chi connectivity index (χ2n) is 8.07. The Balaban J connectivity index is 0.000000383. The molecule has 4 heterocycles. The summed E-state index contributed by atoms with van der Waals surface area (Å²) in [6.45, 7) is 7.60. The molecule has 1 amide bonds. The minimum absolute atomic E-state index is 0.108. The lowest BCUT2D eigenvalue weighted by atomic mass is 10.2. The van der Waals surface area contributed by atoms with Crippen molar-refractivity contribution in [2.24, 2.45) is 0 Å².